The van der Waals surface area contributed by atoms with Crippen molar-refractivity contribution < 1.29 is 4.74 Å². The number of hydrogen-bond donors (Lipinski definition) is 1. The molecule has 1 aromatic heterocycles. The van der Waals surface area contributed by atoms with E-state index in [0.29, 0.717) is 6.04 Å². The van der Waals surface area contributed by atoms with Gasteiger partial charge in [0, 0.05) is 22.8 Å². The zero-order valence-corrected chi connectivity index (χ0v) is 13.3. The highest BCUT2D eigenvalue weighted by molar-refractivity contribution is 7.12. The van der Waals surface area contributed by atoms with Crippen LogP contribution in [-0.2, 0) is 4.74 Å². The third kappa shape index (κ3) is 3.57. The molecule has 108 valence electrons. The number of thiophene rings is 1. The molecule has 0 amide bonds. The van der Waals surface area contributed by atoms with Crippen molar-refractivity contribution in [2.24, 2.45) is 0 Å². The highest BCUT2D eigenvalue weighted by atomic mass is 32.1. The Morgan fingerprint density at radius 1 is 1.47 bits per heavy atom. The topological polar surface area (TPSA) is 24.5 Å². The maximum absolute atomic E-state index is 6.03. The van der Waals surface area contributed by atoms with Crippen LogP contribution in [0.3, 0.4) is 0 Å². The van der Waals surface area contributed by atoms with Gasteiger partial charge in [-0.05, 0) is 45.5 Å². The molecule has 1 aromatic rings. The van der Waals surface area contributed by atoms with Crippen molar-refractivity contribution in [3.8, 4) is 0 Å². The molecule has 2 rings (SSSR count). The van der Waals surface area contributed by atoms with Gasteiger partial charge in [0.25, 0.3) is 0 Å². The summed E-state index contributed by atoms with van der Waals surface area (Å²) in [6.07, 6.45) is 1.43. The van der Waals surface area contributed by atoms with E-state index in [1.807, 2.05) is 11.3 Å². The van der Waals surface area contributed by atoms with Crippen molar-refractivity contribution in [2.45, 2.75) is 39.3 Å². The third-order valence-corrected chi connectivity index (χ3v) is 4.75. The summed E-state index contributed by atoms with van der Waals surface area (Å²) in [7, 11) is 2.21. The van der Waals surface area contributed by atoms with Gasteiger partial charge in [-0.3, -0.25) is 4.90 Å². The average Bonchev–Trinajstić information content (AvgIpc) is 2.69. The number of nitrogens with zero attached hydrogens (tertiary/aromatic N) is 1. The van der Waals surface area contributed by atoms with Gasteiger partial charge in [-0.1, -0.05) is 6.92 Å². The van der Waals surface area contributed by atoms with Gasteiger partial charge in [-0.25, -0.2) is 0 Å². The van der Waals surface area contributed by atoms with E-state index in [1.165, 1.54) is 21.7 Å². The van der Waals surface area contributed by atoms with Crippen LogP contribution in [0.2, 0.25) is 0 Å². The first-order valence-electron chi connectivity index (χ1n) is 7.23. The van der Waals surface area contributed by atoms with Crippen LogP contribution in [0.25, 0.3) is 0 Å². The fraction of sp³-hybridized carbons (Fsp3) is 0.733. The molecule has 2 atom stereocenters. The van der Waals surface area contributed by atoms with Crippen molar-refractivity contribution in [3.63, 3.8) is 0 Å². The lowest BCUT2D eigenvalue weighted by Gasteiger charge is -2.39. The fourth-order valence-corrected chi connectivity index (χ4v) is 3.80. The summed E-state index contributed by atoms with van der Waals surface area (Å²) < 4.78 is 6.03. The molecule has 19 heavy (non-hydrogen) atoms. The summed E-state index contributed by atoms with van der Waals surface area (Å²) in [5.41, 5.74) is 1.45. The summed E-state index contributed by atoms with van der Waals surface area (Å²) in [6, 6.07) is 2.73. The van der Waals surface area contributed by atoms with E-state index in [-0.39, 0.29) is 6.10 Å². The van der Waals surface area contributed by atoms with Gasteiger partial charge < -0.3 is 10.1 Å². The molecule has 0 aromatic carbocycles. The summed E-state index contributed by atoms with van der Waals surface area (Å²) in [5, 5.41) is 3.50. The minimum absolute atomic E-state index is 0.262. The molecule has 1 aliphatic heterocycles. The Morgan fingerprint density at radius 2 is 2.26 bits per heavy atom. The summed E-state index contributed by atoms with van der Waals surface area (Å²) in [5.74, 6) is 0. The van der Waals surface area contributed by atoms with Crippen LogP contribution < -0.4 is 5.32 Å². The van der Waals surface area contributed by atoms with Crippen LogP contribution in [0.5, 0.6) is 0 Å². The minimum Gasteiger partial charge on any atom is -0.374 e. The maximum atomic E-state index is 6.03. The van der Waals surface area contributed by atoms with Gasteiger partial charge in [0.1, 0.15) is 0 Å². The first kappa shape index (κ1) is 15.0. The van der Waals surface area contributed by atoms with Crippen LogP contribution in [0.4, 0.5) is 0 Å². The molecular weight excluding hydrogens is 256 g/mol. The van der Waals surface area contributed by atoms with Gasteiger partial charge in [-0.2, -0.15) is 0 Å². The van der Waals surface area contributed by atoms with E-state index < -0.39 is 0 Å². The van der Waals surface area contributed by atoms with Crippen LogP contribution in [0.15, 0.2) is 6.07 Å². The Bertz CT molecular complexity index is 405. The van der Waals surface area contributed by atoms with Crippen molar-refractivity contribution in [1.29, 1.82) is 0 Å². The van der Waals surface area contributed by atoms with E-state index >= 15 is 0 Å². The Kier molecular flexibility index (Phi) is 5.39. The first-order chi connectivity index (χ1) is 9.13. The SMILES string of the molecule is CCCNCC1OCCN(C)C1c1cc(C)sc1C. The van der Waals surface area contributed by atoms with Crippen molar-refractivity contribution in [3.05, 3.63) is 21.4 Å². The van der Waals surface area contributed by atoms with E-state index in [1.54, 1.807) is 0 Å². The molecule has 2 unspecified atom stereocenters. The van der Waals surface area contributed by atoms with Gasteiger partial charge in [0.2, 0.25) is 0 Å². The Morgan fingerprint density at radius 3 is 2.89 bits per heavy atom. The summed E-state index contributed by atoms with van der Waals surface area (Å²) >= 11 is 1.89. The zero-order chi connectivity index (χ0) is 13.8. The number of aryl methyl sites for hydroxylation is 2. The predicted octanol–water partition coefficient (Wildman–Crippen LogP) is 2.74. The monoisotopic (exact) mass is 282 g/mol. The van der Waals surface area contributed by atoms with E-state index in [9.17, 15) is 0 Å². The van der Waals surface area contributed by atoms with Crippen molar-refractivity contribution in [2.75, 3.05) is 33.3 Å². The molecule has 1 N–H and O–H groups in total. The standard InChI is InChI=1S/C15H26N2OS/c1-5-6-16-10-14-15(17(4)7-8-18-14)13-9-11(2)19-12(13)3/h9,14-16H,5-8,10H2,1-4H3. The van der Waals surface area contributed by atoms with Gasteiger partial charge in [0.05, 0.1) is 18.8 Å². The molecule has 3 nitrogen and oxygen atoms in total. The second-order valence-corrected chi connectivity index (χ2v) is 6.87. The Balaban J connectivity index is 2.14. The lowest BCUT2D eigenvalue weighted by molar-refractivity contribution is -0.0613. The van der Waals surface area contributed by atoms with Crippen molar-refractivity contribution in [1.82, 2.24) is 10.2 Å². The van der Waals surface area contributed by atoms with Crippen LogP contribution >= 0.6 is 11.3 Å². The second kappa shape index (κ2) is 6.84. The third-order valence-electron chi connectivity index (χ3n) is 3.77. The van der Waals surface area contributed by atoms with Crippen LogP contribution in [0.1, 0.15) is 34.7 Å². The normalized spacial score (nSPS) is 24.8. The van der Waals surface area contributed by atoms with E-state index in [4.69, 9.17) is 4.74 Å². The molecule has 4 heteroatoms. The molecule has 0 saturated carbocycles. The Hall–Kier alpha value is -0.420. The lowest BCUT2D eigenvalue weighted by Crippen LogP contribution is -2.47. The van der Waals surface area contributed by atoms with Crippen molar-refractivity contribution >= 4 is 11.3 Å². The highest BCUT2D eigenvalue weighted by Crippen LogP contribution is 2.34. The smallest absolute Gasteiger partial charge is 0.0896 e. The second-order valence-electron chi connectivity index (χ2n) is 5.41. The molecule has 0 bridgehead atoms. The predicted molar refractivity (Wildman–Crippen MR) is 82.1 cm³/mol. The molecule has 0 spiro atoms. The number of ether oxygens (including phenoxy) is 1. The number of rotatable bonds is 5. The number of likely N-dealkylation sites (N-methyl/N-ethyl adjacent to an activating group) is 1. The quantitative estimate of drug-likeness (QED) is 0.841. The number of nitrogens with one attached hydrogen (secondary N) is 1. The zero-order valence-electron chi connectivity index (χ0n) is 12.5. The number of hydrogen-bond acceptors (Lipinski definition) is 4. The van der Waals surface area contributed by atoms with E-state index in [0.717, 1.165) is 26.2 Å². The molecular formula is C15H26N2OS. The molecule has 1 fully saturated rings. The van der Waals surface area contributed by atoms with Gasteiger partial charge in [-0.15, -0.1) is 11.3 Å². The number of morpholine rings is 1. The molecule has 1 aliphatic rings. The van der Waals surface area contributed by atoms with Gasteiger partial charge >= 0.3 is 0 Å². The fourth-order valence-electron chi connectivity index (χ4n) is 2.84. The Labute approximate surface area is 121 Å². The lowest BCUT2D eigenvalue weighted by atomic mass is 9.98. The molecule has 0 aliphatic carbocycles. The van der Waals surface area contributed by atoms with Crippen LogP contribution in [0, 0.1) is 13.8 Å². The minimum atomic E-state index is 0.262. The summed E-state index contributed by atoms with van der Waals surface area (Å²) in [4.78, 5) is 5.27. The maximum Gasteiger partial charge on any atom is 0.0896 e. The largest absolute Gasteiger partial charge is 0.374 e. The van der Waals surface area contributed by atoms with Gasteiger partial charge in [0.15, 0.2) is 0 Å². The molecule has 1 saturated heterocycles. The highest BCUT2D eigenvalue weighted by Gasteiger charge is 2.32. The molecule has 2 heterocycles. The average molecular weight is 282 g/mol. The molecule has 0 radical (unpaired) electrons. The van der Waals surface area contributed by atoms with Crippen LogP contribution in [-0.4, -0.2) is 44.3 Å². The summed E-state index contributed by atoms with van der Waals surface area (Å²) in [6.45, 7) is 10.5. The van der Waals surface area contributed by atoms with E-state index in [2.05, 4.69) is 44.1 Å². The first-order valence-corrected chi connectivity index (χ1v) is 8.04.